The first-order valence-corrected chi connectivity index (χ1v) is 5.21. The average molecular weight is 291 g/mol. The van der Waals surface area contributed by atoms with E-state index in [1.54, 1.807) is 18.2 Å². The Hall–Kier alpha value is -1.07. The number of nitrogens with one attached hydrogen (secondary N) is 1. The Labute approximate surface area is 98.6 Å². The molecular weight excluding hydrogens is 284 g/mol. The number of aromatic amines is 1. The highest BCUT2D eigenvalue weighted by Gasteiger charge is 2.14. The van der Waals surface area contributed by atoms with Crippen LogP contribution in [0.25, 0.3) is 11.3 Å². The van der Waals surface area contributed by atoms with Crippen molar-refractivity contribution in [1.29, 1.82) is 0 Å². The zero-order chi connectivity index (χ0) is 11.0. The molecule has 0 amide bonds. The largest absolute Gasteiger partial charge is 0.380 e. The zero-order valence-corrected chi connectivity index (χ0v) is 9.73. The Kier molecular flexibility index (Phi) is 2.67. The highest BCUT2D eigenvalue weighted by Crippen LogP contribution is 2.32. The van der Waals surface area contributed by atoms with Gasteiger partial charge in [-0.05, 0) is 18.2 Å². The van der Waals surface area contributed by atoms with Crippen molar-refractivity contribution in [2.24, 2.45) is 0 Å². The van der Waals surface area contributed by atoms with Crippen molar-refractivity contribution in [1.82, 2.24) is 10.2 Å². The predicted molar refractivity (Wildman–Crippen MR) is 61.1 cm³/mol. The number of benzene rings is 1. The van der Waals surface area contributed by atoms with E-state index in [9.17, 15) is 4.39 Å². The molecule has 1 aromatic heterocycles. The number of rotatable bonds is 1. The molecule has 0 aliphatic rings. The third kappa shape index (κ3) is 1.85. The van der Waals surface area contributed by atoms with Crippen LogP contribution in [0.5, 0.6) is 0 Å². The Bertz CT molecular complexity index is 512. The fourth-order valence-corrected chi connectivity index (χ4v) is 1.83. The molecule has 0 aliphatic carbocycles. The van der Waals surface area contributed by atoms with E-state index >= 15 is 0 Å². The fourth-order valence-electron chi connectivity index (χ4n) is 1.21. The molecule has 0 saturated carbocycles. The molecule has 0 spiro atoms. The van der Waals surface area contributed by atoms with Gasteiger partial charge in [-0.25, -0.2) is 4.39 Å². The number of nitrogens with zero attached hydrogens (tertiary/aromatic N) is 1. The van der Waals surface area contributed by atoms with E-state index in [1.165, 1.54) is 0 Å². The van der Waals surface area contributed by atoms with E-state index in [0.29, 0.717) is 10.6 Å². The molecule has 3 N–H and O–H groups in total. The minimum Gasteiger partial charge on any atom is -0.380 e. The van der Waals surface area contributed by atoms with E-state index in [4.69, 9.17) is 17.3 Å². The minimum absolute atomic E-state index is 0.156. The third-order valence-electron chi connectivity index (χ3n) is 1.93. The summed E-state index contributed by atoms with van der Waals surface area (Å²) < 4.78 is 14.2. The maximum Gasteiger partial charge on any atom is 0.192 e. The number of nitrogen functional groups attached to an aromatic ring is 1. The van der Waals surface area contributed by atoms with Gasteiger partial charge in [0.25, 0.3) is 0 Å². The summed E-state index contributed by atoms with van der Waals surface area (Å²) in [6.07, 6.45) is 0. The Morgan fingerprint density at radius 3 is 2.80 bits per heavy atom. The van der Waals surface area contributed by atoms with E-state index < -0.39 is 5.82 Å². The van der Waals surface area contributed by atoms with Crippen LogP contribution in [-0.2, 0) is 0 Å². The number of nitrogens with two attached hydrogens (primary N) is 1. The summed E-state index contributed by atoms with van der Waals surface area (Å²) in [6, 6.07) is 5.06. The van der Waals surface area contributed by atoms with E-state index in [-0.39, 0.29) is 11.5 Å². The van der Waals surface area contributed by atoms with E-state index in [0.717, 1.165) is 4.47 Å². The van der Waals surface area contributed by atoms with Crippen LogP contribution in [0.4, 0.5) is 10.2 Å². The summed E-state index contributed by atoms with van der Waals surface area (Å²) in [5, 5.41) is 6.61. The summed E-state index contributed by atoms with van der Waals surface area (Å²) in [6.45, 7) is 0. The number of anilines is 1. The fraction of sp³-hybridized carbons (Fsp3) is 0. The van der Waals surface area contributed by atoms with Gasteiger partial charge in [-0.1, -0.05) is 27.5 Å². The number of aromatic nitrogens is 2. The summed E-state index contributed by atoms with van der Waals surface area (Å²) in [7, 11) is 0. The van der Waals surface area contributed by atoms with Crippen molar-refractivity contribution in [3.8, 4) is 11.3 Å². The first kappa shape index (κ1) is 10.4. The summed E-state index contributed by atoms with van der Waals surface area (Å²) in [5.74, 6) is -0.727. The van der Waals surface area contributed by atoms with Gasteiger partial charge in [0.05, 0.1) is 0 Å². The van der Waals surface area contributed by atoms with Crippen LogP contribution in [0.2, 0.25) is 5.02 Å². The summed E-state index contributed by atoms with van der Waals surface area (Å²) in [4.78, 5) is 0. The summed E-state index contributed by atoms with van der Waals surface area (Å²) >= 11 is 9.11. The maximum absolute atomic E-state index is 13.5. The minimum atomic E-state index is -0.571. The molecule has 0 saturated heterocycles. The standard InChI is InChI=1S/C9H6BrClFN3/c10-6-2-1-4(11)3-5(6)8-7(12)9(13)15-14-8/h1-3H,(H3,13,14,15). The SMILES string of the molecule is Nc1n[nH]c(-c2cc(Cl)ccc2Br)c1F. The molecule has 0 bridgehead atoms. The first-order valence-electron chi connectivity index (χ1n) is 4.04. The third-order valence-corrected chi connectivity index (χ3v) is 2.86. The Morgan fingerprint density at radius 1 is 1.47 bits per heavy atom. The molecule has 0 atom stereocenters. The highest BCUT2D eigenvalue weighted by molar-refractivity contribution is 9.10. The van der Waals surface area contributed by atoms with Gasteiger partial charge in [0.2, 0.25) is 0 Å². The average Bonchev–Trinajstić information content (AvgIpc) is 2.52. The van der Waals surface area contributed by atoms with Crippen LogP contribution in [-0.4, -0.2) is 10.2 Å². The highest BCUT2D eigenvalue weighted by atomic mass is 79.9. The normalized spacial score (nSPS) is 10.6. The second-order valence-corrected chi connectivity index (χ2v) is 4.21. The van der Waals surface area contributed by atoms with E-state index in [1.807, 2.05) is 0 Å². The van der Waals surface area contributed by atoms with Gasteiger partial charge in [0.1, 0.15) is 5.69 Å². The second kappa shape index (κ2) is 3.83. The van der Waals surface area contributed by atoms with Gasteiger partial charge < -0.3 is 5.73 Å². The lowest BCUT2D eigenvalue weighted by Gasteiger charge is -2.02. The van der Waals surface area contributed by atoms with Crippen LogP contribution in [0.3, 0.4) is 0 Å². The van der Waals surface area contributed by atoms with Crippen LogP contribution < -0.4 is 5.73 Å². The van der Waals surface area contributed by atoms with Gasteiger partial charge >= 0.3 is 0 Å². The monoisotopic (exact) mass is 289 g/mol. The number of hydrogen-bond donors (Lipinski definition) is 2. The Balaban J connectivity index is 2.63. The molecule has 0 radical (unpaired) electrons. The number of halogens is 3. The van der Waals surface area contributed by atoms with Crippen LogP contribution in [0.15, 0.2) is 22.7 Å². The van der Waals surface area contributed by atoms with Crippen molar-refractivity contribution < 1.29 is 4.39 Å². The van der Waals surface area contributed by atoms with Crippen molar-refractivity contribution in [3.05, 3.63) is 33.5 Å². The smallest absolute Gasteiger partial charge is 0.192 e. The van der Waals surface area contributed by atoms with Gasteiger partial charge in [0.15, 0.2) is 11.6 Å². The molecule has 15 heavy (non-hydrogen) atoms. The van der Waals surface area contributed by atoms with Crippen molar-refractivity contribution in [2.75, 3.05) is 5.73 Å². The van der Waals surface area contributed by atoms with Gasteiger partial charge in [0, 0.05) is 15.1 Å². The topological polar surface area (TPSA) is 54.7 Å². The van der Waals surface area contributed by atoms with E-state index in [2.05, 4.69) is 26.1 Å². The molecule has 0 unspecified atom stereocenters. The molecule has 2 aromatic rings. The van der Waals surface area contributed by atoms with Gasteiger partial charge in [-0.2, -0.15) is 5.10 Å². The molecule has 1 aromatic carbocycles. The van der Waals surface area contributed by atoms with Crippen molar-refractivity contribution in [3.63, 3.8) is 0 Å². The molecule has 0 aliphatic heterocycles. The first-order chi connectivity index (χ1) is 7.09. The van der Waals surface area contributed by atoms with Crippen molar-refractivity contribution in [2.45, 2.75) is 0 Å². The summed E-state index contributed by atoms with van der Waals surface area (Å²) in [5.41, 5.74) is 6.11. The number of H-pyrrole nitrogens is 1. The lowest BCUT2D eigenvalue weighted by Crippen LogP contribution is -1.88. The molecule has 0 fully saturated rings. The molecule has 78 valence electrons. The second-order valence-electron chi connectivity index (χ2n) is 2.92. The molecule has 6 heteroatoms. The van der Waals surface area contributed by atoms with Crippen LogP contribution in [0.1, 0.15) is 0 Å². The predicted octanol–water partition coefficient (Wildman–Crippen LogP) is 3.21. The molecule has 3 nitrogen and oxygen atoms in total. The quantitative estimate of drug-likeness (QED) is 0.847. The van der Waals surface area contributed by atoms with Crippen LogP contribution >= 0.6 is 27.5 Å². The molecular formula is C9H6BrClFN3. The lowest BCUT2D eigenvalue weighted by atomic mass is 10.1. The lowest BCUT2D eigenvalue weighted by molar-refractivity contribution is 0.636. The van der Waals surface area contributed by atoms with Gasteiger partial charge in [-0.3, -0.25) is 5.10 Å². The Morgan fingerprint density at radius 2 is 2.20 bits per heavy atom. The molecule has 1 heterocycles. The van der Waals surface area contributed by atoms with Crippen LogP contribution in [0, 0.1) is 5.82 Å². The zero-order valence-electron chi connectivity index (χ0n) is 7.39. The van der Waals surface area contributed by atoms with Gasteiger partial charge in [-0.15, -0.1) is 0 Å². The maximum atomic E-state index is 13.5. The number of hydrogen-bond acceptors (Lipinski definition) is 2. The van der Waals surface area contributed by atoms with Crippen molar-refractivity contribution >= 4 is 33.3 Å². The molecule has 2 rings (SSSR count).